The predicted molar refractivity (Wildman–Crippen MR) is 73.6 cm³/mol. The second-order valence-corrected chi connectivity index (χ2v) is 5.83. The van der Waals surface area contributed by atoms with E-state index in [4.69, 9.17) is 4.74 Å². The summed E-state index contributed by atoms with van der Waals surface area (Å²) in [6.45, 7) is 7.74. The summed E-state index contributed by atoms with van der Waals surface area (Å²) in [6.07, 6.45) is 1.12. The van der Waals surface area contributed by atoms with Gasteiger partial charge in [0.2, 0.25) is 0 Å². The summed E-state index contributed by atoms with van der Waals surface area (Å²) >= 11 is 3.56. The van der Waals surface area contributed by atoms with E-state index in [0.717, 1.165) is 35.4 Å². The number of nitrogens with zero attached hydrogens (tertiary/aromatic N) is 2. The summed E-state index contributed by atoms with van der Waals surface area (Å²) in [7, 11) is 0. The number of halogens is 1. The molecule has 18 heavy (non-hydrogen) atoms. The molecule has 1 aliphatic rings. The van der Waals surface area contributed by atoms with Crippen molar-refractivity contribution < 1.29 is 9.84 Å². The lowest BCUT2D eigenvalue weighted by atomic mass is 9.96. The zero-order valence-corrected chi connectivity index (χ0v) is 12.8. The number of hydrogen-bond donors (Lipinski definition) is 1. The van der Waals surface area contributed by atoms with Gasteiger partial charge in [-0.2, -0.15) is 5.10 Å². The zero-order chi connectivity index (χ0) is 13.3. The lowest BCUT2D eigenvalue weighted by Crippen LogP contribution is -2.32. The first-order valence-corrected chi connectivity index (χ1v) is 7.35. The Labute approximate surface area is 116 Å². The predicted octanol–water partition coefficient (Wildman–Crippen LogP) is 2.30. The fraction of sp³-hybridized carbons (Fsp3) is 0.769. The van der Waals surface area contributed by atoms with Gasteiger partial charge in [0.05, 0.1) is 28.1 Å². The van der Waals surface area contributed by atoms with Crippen molar-refractivity contribution in [3.8, 4) is 0 Å². The van der Waals surface area contributed by atoms with Crippen molar-refractivity contribution in [2.45, 2.75) is 52.4 Å². The third-order valence-electron chi connectivity index (χ3n) is 3.68. The van der Waals surface area contributed by atoms with E-state index in [0.29, 0.717) is 12.3 Å². The molecule has 3 unspecified atom stereocenters. The standard InChI is InChI=1S/C13H21BrN2O2/c1-4-16-10(12(14)9(3)15-16)7-11(17)13-8(2)5-6-18-13/h8,11,13,17H,4-7H2,1-3H3. The van der Waals surface area contributed by atoms with Gasteiger partial charge in [0, 0.05) is 19.6 Å². The quantitative estimate of drug-likeness (QED) is 0.927. The second kappa shape index (κ2) is 5.72. The van der Waals surface area contributed by atoms with Crippen molar-refractivity contribution in [1.29, 1.82) is 0 Å². The van der Waals surface area contributed by atoms with E-state index in [9.17, 15) is 5.11 Å². The topological polar surface area (TPSA) is 47.3 Å². The van der Waals surface area contributed by atoms with Crippen LogP contribution in [-0.2, 0) is 17.7 Å². The third-order valence-corrected chi connectivity index (χ3v) is 4.71. The average Bonchev–Trinajstić information content (AvgIpc) is 2.87. The average molecular weight is 317 g/mol. The van der Waals surface area contributed by atoms with Crippen molar-refractivity contribution in [1.82, 2.24) is 9.78 Å². The Kier molecular flexibility index (Phi) is 4.45. The second-order valence-electron chi connectivity index (χ2n) is 5.03. The lowest BCUT2D eigenvalue weighted by Gasteiger charge is -2.21. The Morgan fingerprint density at radius 3 is 2.89 bits per heavy atom. The first kappa shape index (κ1) is 14.0. The van der Waals surface area contributed by atoms with Gasteiger partial charge in [-0.3, -0.25) is 4.68 Å². The van der Waals surface area contributed by atoms with Crippen molar-refractivity contribution in [2.24, 2.45) is 5.92 Å². The Morgan fingerprint density at radius 2 is 2.33 bits per heavy atom. The van der Waals surface area contributed by atoms with E-state index in [1.165, 1.54) is 0 Å². The van der Waals surface area contributed by atoms with Crippen molar-refractivity contribution >= 4 is 15.9 Å². The van der Waals surface area contributed by atoms with Gasteiger partial charge < -0.3 is 9.84 Å². The summed E-state index contributed by atoms with van der Waals surface area (Å²) in [6, 6.07) is 0. The van der Waals surface area contributed by atoms with Crippen molar-refractivity contribution in [3.63, 3.8) is 0 Å². The molecule has 0 aliphatic carbocycles. The van der Waals surface area contributed by atoms with Gasteiger partial charge in [-0.25, -0.2) is 0 Å². The summed E-state index contributed by atoms with van der Waals surface area (Å²) in [5.41, 5.74) is 2.03. The van der Waals surface area contributed by atoms with Crippen LogP contribution in [-0.4, -0.2) is 33.7 Å². The molecule has 1 aliphatic heterocycles. The van der Waals surface area contributed by atoms with Gasteiger partial charge in [-0.1, -0.05) is 6.92 Å². The van der Waals surface area contributed by atoms with E-state index < -0.39 is 6.10 Å². The number of hydrogen-bond acceptors (Lipinski definition) is 3. The highest BCUT2D eigenvalue weighted by atomic mass is 79.9. The minimum Gasteiger partial charge on any atom is -0.390 e. The molecule has 5 heteroatoms. The van der Waals surface area contributed by atoms with E-state index in [-0.39, 0.29) is 6.10 Å². The molecule has 4 nitrogen and oxygen atoms in total. The van der Waals surface area contributed by atoms with Crippen LogP contribution in [0.3, 0.4) is 0 Å². The van der Waals surface area contributed by atoms with Crippen molar-refractivity contribution in [3.05, 3.63) is 15.9 Å². The minimum atomic E-state index is -0.458. The summed E-state index contributed by atoms with van der Waals surface area (Å²) in [5, 5.41) is 14.8. The summed E-state index contributed by atoms with van der Waals surface area (Å²) in [5.74, 6) is 0.429. The highest BCUT2D eigenvalue weighted by Gasteiger charge is 2.32. The number of aliphatic hydroxyl groups is 1. The van der Waals surface area contributed by atoms with Crippen LogP contribution in [0.4, 0.5) is 0 Å². The fourth-order valence-electron chi connectivity index (χ4n) is 2.59. The lowest BCUT2D eigenvalue weighted by molar-refractivity contribution is -0.0166. The molecule has 2 heterocycles. The van der Waals surface area contributed by atoms with Crippen LogP contribution in [0.2, 0.25) is 0 Å². The SMILES string of the molecule is CCn1nc(C)c(Br)c1CC(O)C1OCCC1C. The maximum atomic E-state index is 10.3. The van der Waals surface area contributed by atoms with E-state index in [1.54, 1.807) is 0 Å². The number of aliphatic hydroxyl groups excluding tert-OH is 1. The monoisotopic (exact) mass is 316 g/mol. The Hall–Kier alpha value is -0.390. The van der Waals surface area contributed by atoms with Gasteiger partial charge in [0.1, 0.15) is 0 Å². The molecule has 0 aromatic carbocycles. The molecule has 3 atom stereocenters. The molecule has 0 spiro atoms. The van der Waals surface area contributed by atoms with Gasteiger partial charge in [-0.15, -0.1) is 0 Å². The molecule has 102 valence electrons. The Balaban J connectivity index is 2.13. The molecular weight excluding hydrogens is 296 g/mol. The molecule has 0 radical (unpaired) electrons. The van der Waals surface area contributed by atoms with Gasteiger partial charge in [0.25, 0.3) is 0 Å². The molecule has 0 amide bonds. The summed E-state index contributed by atoms with van der Waals surface area (Å²) < 4.78 is 8.58. The van der Waals surface area contributed by atoms with Crippen LogP contribution < -0.4 is 0 Å². The molecule has 1 aromatic rings. The number of rotatable bonds is 4. The van der Waals surface area contributed by atoms with Gasteiger partial charge in [-0.05, 0) is 42.1 Å². The zero-order valence-electron chi connectivity index (χ0n) is 11.2. The number of aromatic nitrogens is 2. The van der Waals surface area contributed by atoms with Crippen LogP contribution in [0.25, 0.3) is 0 Å². The molecule has 0 bridgehead atoms. The molecule has 0 saturated carbocycles. The first-order chi connectivity index (χ1) is 8.54. The summed E-state index contributed by atoms with van der Waals surface area (Å²) in [4.78, 5) is 0. The molecule has 1 N–H and O–H groups in total. The highest BCUT2D eigenvalue weighted by molar-refractivity contribution is 9.10. The molecule has 1 saturated heterocycles. The number of ether oxygens (including phenoxy) is 1. The molecular formula is C13H21BrN2O2. The Bertz CT molecular complexity index is 419. The highest BCUT2D eigenvalue weighted by Crippen LogP contribution is 2.28. The maximum absolute atomic E-state index is 10.3. The van der Waals surface area contributed by atoms with E-state index in [2.05, 4.69) is 34.9 Å². The molecule has 1 fully saturated rings. The molecule has 2 rings (SSSR count). The fourth-order valence-corrected chi connectivity index (χ4v) is 3.03. The van der Waals surface area contributed by atoms with Crippen LogP contribution >= 0.6 is 15.9 Å². The van der Waals surface area contributed by atoms with Gasteiger partial charge in [0.15, 0.2) is 0 Å². The van der Waals surface area contributed by atoms with Crippen LogP contribution in [0.5, 0.6) is 0 Å². The molecule has 1 aromatic heterocycles. The first-order valence-electron chi connectivity index (χ1n) is 6.56. The normalized spacial score (nSPS) is 25.6. The largest absolute Gasteiger partial charge is 0.390 e. The minimum absolute atomic E-state index is 0.0441. The maximum Gasteiger partial charge on any atom is 0.0864 e. The van der Waals surface area contributed by atoms with Gasteiger partial charge >= 0.3 is 0 Å². The smallest absolute Gasteiger partial charge is 0.0864 e. The van der Waals surface area contributed by atoms with Crippen molar-refractivity contribution in [2.75, 3.05) is 6.61 Å². The van der Waals surface area contributed by atoms with Crippen LogP contribution in [0.1, 0.15) is 31.7 Å². The van der Waals surface area contributed by atoms with E-state index >= 15 is 0 Å². The van der Waals surface area contributed by atoms with Crippen LogP contribution in [0.15, 0.2) is 4.47 Å². The Morgan fingerprint density at radius 1 is 1.61 bits per heavy atom. The number of aryl methyl sites for hydroxylation is 2. The van der Waals surface area contributed by atoms with E-state index in [1.807, 2.05) is 11.6 Å². The third kappa shape index (κ3) is 2.63. The van der Waals surface area contributed by atoms with Crippen LogP contribution in [0, 0.1) is 12.8 Å².